The summed E-state index contributed by atoms with van der Waals surface area (Å²) < 4.78 is 7.38. The summed E-state index contributed by atoms with van der Waals surface area (Å²) in [7, 11) is 1.64. The SMILES string of the molecule is COc1ccc(-c2nc3ccc(-c4ccccc4Cl)cn3c2CCC(=O)N2CCC(C(N)=O)CC2)cc1. The molecule has 0 atom stereocenters. The van der Waals surface area contributed by atoms with Gasteiger partial charge < -0.3 is 19.8 Å². The molecule has 190 valence electrons. The van der Waals surface area contributed by atoms with Crippen molar-refractivity contribution in [3.63, 3.8) is 0 Å². The molecule has 1 aliphatic rings. The van der Waals surface area contributed by atoms with Crippen molar-refractivity contribution in [3.05, 3.63) is 77.6 Å². The Hall–Kier alpha value is -3.84. The lowest BCUT2D eigenvalue weighted by Crippen LogP contribution is -2.41. The third-order valence-electron chi connectivity index (χ3n) is 7.09. The Morgan fingerprint density at radius 2 is 1.73 bits per heavy atom. The molecule has 4 aromatic rings. The second kappa shape index (κ2) is 10.6. The lowest BCUT2D eigenvalue weighted by Gasteiger charge is -2.30. The van der Waals surface area contributed by atoms with E-state index >= 15 is 0 Å². The Labute approximate surface area is 220 Å². The van der Waals surface area contributed by atoms with Gasteiger partial charge in [-0.05, 0) is 67.3 Å². The molecule has 0 bridgehead atoms. The number of ether oxygens (including phenoxy) is 1. The Bertz CT molecular complexity index is 1440. The van der Waals surface area contributed by atoms with Gasteiger partial charge in [0.05, 0.1) is 18.5 Å². The van der Waals surface area contributed by atoms with Crippen LogP contribution < -0.4 is 10.5 Å². The highest BCUT2D eigenvalue weighted by atomic mass is 35.5. The van der Waals surface area contributed by atoms with Crippen LogP contribution >= 0.6 is 11.6 Å². The fraction of sp³-hybridized carbons (Fsp3) is 0.276. The number of benzene rings is 2. The number of methoxy groups -OCH3 is 1. The van der Waals surface area contributed by atoms with Gasteiger partial charge in [-0.25, -0.2) is 4.98 Å². The van der Waals surface area contributed by atoms with Gasteiger partial charge in [-0.3, -0.25) is 9.59 Å². The van der Waals surface area contributed by atoms with E-state index in [-0.39, 0.29) is 17.7 Å². The van der Waals surface area contributed by atoms with Crippen molar-refractivity contribution in [2.45, 2.75) is 25.7 Å². The lowest BCUT2D eigenvalue weighted by molar-refractivity contribution is -0.134. The molecule has 2 aromatic carbocycles. The molecule has 0 saturated carbocycles. The molecule has 1 saturated heterocycles. The van der Waals surface area contributed by atoms with Gasteiger partial charge in [-0.15, -0.1) is 0 Å². The van der Waals surface area contributed by atoms with Crippen molar-refractivity contribution in [2.24, 2.45) is 11.7 Å². The van der Waals surface area contributed by atoms with E-state index in [1.54, 1.807) is 7.11 Å². The zero-order valence-corrected chi connectivity index (χ0v) is 21.4. The van der Waals surface area contributed by atoms with E-state index in [1.807, 2.05) is 71.8 Å². The molecule has 7 nitrogen and oxygen atoms in total. The quantitative estimate of drug-likeness (QED) is 0.375. The maximum absolute atomic E-state index is 13.1. The fourth-order valence-corrected chi connectivity index (χ4v) is 5.21. The Morgan fingerprint density at radius 1 is 1.03 bits per heavy atom. The molecule has 8 heteroatoms. The van der Waals surface area contributed by atoms with E-state index in [2.05, 4.69) is 4.40 Å². The number of pyridine rings is 1. The van der Waals surface area contributed by atoms with Crippen molar-refractivity contribution < 1.29 is 14.3 Å². The molecule has 1 fully saturated rings. The molecule has 37 heavy (non-hydrogen) atoms. The summed E-state index contributed by atoms with van der Waals surface area (Å²) in [6.45, 7) is 1.11. The number of amides is 2. The third kappa shape index (κ3) is 5.18. The number of primary amides is 1. The van der Waals surface area contributed by atoms with Crippen LogP contribution in [0.5, 0.6) is 5.75 Å². The highest BCUT2D eigenvalue weighted by molar-refractivity contribution is 6.33. The van der Waals surface area contributed by atoms with Crippen LogP contribution in [-0.4, -0.2) is 46.3 Å². The maximum atomic E-state index is 13.1. The maximum Gasteiger partial charge on any atom is 0.222 e. The predicted octanol–water partition coefficient (Wildman–Crippen LogP) is 4.99. The molecule has 2 N–H and O–H groups in total. The topological polar surface area (TPSA) is 89.9 Å². The predicted molar refractivity (Wildman–Crippen MR) is 144 cm³/mol. The average molecular weight is 517 g/mol. The van der Waals surface area contributed by atoms with Crippen molar-refractivity contribution >= 4 is 29.1 Å². The van der Waals surface area contributed by atoms with Crippen LogP contribution in [0.1, 0.15) is 25.0 Å². The number of carbonyl (C=O) groups is 2. The lowest BCUT2D eigenvalue weighted by atomic mass is 9.96. The van der Waals surface area contributed by atoms with Gasteiger partial charge in [-0.2, -0.15) is 0 Å². The van der Waals surface area contributed by atoms with Crippen LogP contribution in [0.15, 0.2) is 66.9 Å². The minimum atomic E-state index is -0.281. The van der Waals surface area contributed by atoms with E-state index < -0.39 is 0 Å². The molecule has 2 aromatic heterocycles. The summed E-state index contributed by atoms with van der Waals surface area (Å²) in [5.41, 5.74) is 10.9. The van der Waals surface area contributed by atoms with Gasteiger partial charge in [0, 0.05) is 47.8 Å². The number of piperidine rings is 1. The van der Waals surface area contributed by atoms with Crippen LogP contribution in [0.2, 0.25) is 5.02 Å². The zero-order valence-electron chi connectivity index (χ0n) is 20.7. The van der Waals surface area contributed by atoms with Gasteiger partial charge in [0.2, 0.25) is 11.8 Å². The number of hydrogen-bond donors (Lipinski definition) is 1. The minimum Gasteiger partial charge on any atom is -0.497 e. The molecular weight excluding hydrogens is 488 g/mol. The Balaban J connectivity index is 1.47. The van der Waals surface area contributed by atoms with Gasteiger partial charge in [0.1, 0.15) is 11.4 Å². The van der Waals surface area contributed by atoms with E-state index in [9.17, 15) is 9.59 Å². The number of carbonyl (C=O) groups excluding carboxylic acids is 2. The number of fused-ring (bicyclic) bond motifs is 1. The molecule has 0 aliphatic carbocycles. The van der Waals surface area contributed by atoms with Crippen LogP contribution in [0, 0.1) is 5.92 Å². The van der Waals surface area contributed by atoms with E-state index in [0.717, 1.165) is 39.5 Å². The molecule has 0 spiro atoms. The van der Waals surface area contributed by atoms with Crippen LogP contribution in [0.3, 0.4) is 0 Å². The van der Waals surface area contributed by atoms with Crippen molar-refractivity contribution in [3.8, 4) is 28.1 Å². The summed E-state index contributed by atoms with van der Waals surface area (Å²) in [6, 6.07) is 19.5. The first-order valence-electron chi connectivity index (χ1n) is 12.4. The largest absolute Gasteiger partial charge is 0.497 e. The molecular formula is C29H29ClN4O3. The van der Waals surface area contributed by atoms with E-state index in [4.69, 9.17) is 27.1 Å². The molecule has 3 heterocycles. The molecule has 0 radical (unpaired) electrons. The number of halogens is 1. The van der Waals surface area contributed by atoms with Crippen LogP contribution in [0.4, 0.5) is 0 Å². The minimum absolute atomic E-state index is 0.0702. The summed E-state index contributed by atoms with van der Waals surface area (Å²) in [5, 5.41) is 0.674. The monoisotopic (exact) mass is 516 g/mol. The van der Waals surface area contributed by atoms with Gasteiger partial charge >= 0.3 is 0 Å². The average Bonchev–Trinajstić information content (AvgIpc) is 3.29. The first kappa shape index (κ1) is 24.8. The second-order valence-electron chi connectivity index (χ2n) is 9.32. The van der Waals surface area contributed by atoms with Crippen molar-refractivity contribution in [2.75, 3.05) is 20.2 Å². The first-order chi connectivity index (χ1) is 17.9. The second-order valence-corrected chi connectivity index (χ2v) is 9.73. The Morgan fingerprint density at radius 3 is 2.41 bits per heavy atom. The highest BCUT2D eigenvalue weighted by Gasteiger charge is 2.26. The molecule has 5 rings (SSSR count). The number of nitrogens with zero attached hydrogens (tertiary/aromatic N) is 3. The number of nitrogens with two attached hydrogens (primary N) is 1. The number of imidazole rings is 1. The summed E-state index contributed by atoms with van der Waals surface area (Å²) in [5.74, 6) is 0.412. The molecule has 0 unspecified atom stereocenters. The number of likely N-dealkylation sites (tertiary alicyclic amines) is 1. The smallest absolute Gasteiger partial charge is 0.222 e. The van der Waals surface area contributed by atoms with Gasteiger partial charge in [0.15, 0.2) is 0 Å². The van der Waals surface area contributed by atoms with Crippen molar-refractivity contribution in [1.29, 1.82) is 0 Å². The molecule has 1 aliphatic heterocycles. The van der Waals surface area contributed by atoms with Crippen molar-refractivity contribution in [1.82, 2.24) is 14.3 Å². The number of aromatic nitrogens is 2. The Kier molecular flexibility index (Phi) is 7.15. The highest BCUT2D eigenvalue weighted by Crippen LogP contribution is 2.32. The summed E-state index contributed by atoms with van der Waals surface area (Å²) >= 11 is 6.48. The number of rotatable bonds is 7. The fourth-order valence-electron chi connectivity index (χ4n) is 4.96. The summed E-state index contributed by atoms with van der Waals surface area (Å²) in [6.07, 6.45) is 4.14. The van der Waals surface area contributed by atoms with Crippen LogP contribution in [0.25, 0.3) is 28.0 Å². The standard InChI is InChI=1S/C29H29ClN4O3/c1-37-22-9-6-19(7-10-22)28-25(11-13-27(35)33-16-14-20(15-17-33)29(31)36)34-18-21(8-12-26(34)32-28)23-4-2-3-5-24(23)30/h2-10,12,18,20H,11,13-17H2,1H3,(H2,31,36). The zero-order chi connectivity index (χ0) is 25.9. The summed E-state index contributed by atoms with van der Waals surface area (Å²) in [4.78, 5) is 31.4. The van der Waals surface area contributed by atoms with Gasteiger partial charge in [-0.1, -0.05) is 29.8 Å². The van der Waals surface area contributed by atoms with E-state index in [0.29, 0.717) is 43.8 Å². The third-order valence-corrected chi connectivity index (χ3v) is 7.42. The molecule has 2 amide bonds. The van der Waals surface area contributed by atoms with Gasteiger partial charge in [0.25, 0.3) is 0 Å². The first-order valence-corrected chi connectivity index (χ1v) is 12.8. The number of hydrogen-bond acceptors (Lipinski definition) is 4. The number of aryl methyl sites for hydroxylation is 1. The normalized spacial score (nSPS) is 14.2. The van der Waals surface area contributed by atoms with Crippen LogP contribution in [-0.2, 0) is 16.0 Å². The van der Waals surface area contributed by atoms with E-state index in [1.165, 1.54) is 0 Å².